The van der Waals surface area contributed by atoms with E-state index >= 15 is 0 Å². The number of alkyl halides is 3. The van der Waals surface area contributed by atoms with Crippen molar-refractivity contribution in [1.82, 2.24) is 4.98 Å². The normalized spacial score (nSPS) is 18.1. The number of nitrogens with zero attached hydrogens (tertiary/aromatic N) is 2. The van der Waals surface area contributed by atoms with Crippen molar-refractivity contribution >= 4 is 5.82 Å². The Bertz CT molecular complexity index is 398. The Morgan fingerprint density at radius 3 is 2.56 bits per heavy atom. The molecule has 0 atom stereocenters. The summed E-state index contributed by atoms with van der Waals surface area (Å²) in [5.41, 5.74) is 4.94. The molecule has 0 radical (unpaired) electrons. The first-order valence-electron chi connectivity index (χ1n) is 5.99. The Hall–Kier alpha value is -1.30. The highest BCUT2D eigenvalue weighted by Gasteiger charge is 2.31. The van der Waals surface area contributed by atoms with Crippen LogP contribution in [0.15, 0.2) is 18.3 Å². The van der Waals surface area contributed by atoms with Crippen LogP contribution in [0.2, 0.25) is 0 Å². The van der Waals surface area contributed by atoms with Crippen LogP contribution in [-0.4, -0.2) is 24.6 Å². The van der Waals surface area contributed by atoms with E-state index in [1.807, 2.05) is 4.90 Å². The van der Waals surface area contributed by atoms with Crippen LogP contribution in [0.3, 0.4) is 0 Å². The molecule has 0 aromatic carbocycles. The molecule has 100 valence electrons. The van der Waals surface area contributed by atoms with Gasteiger partial charge in [0.15, 0.2) is 0 Å². The van der Waals surface area contributed by atoms with Crippen LogP contribution in [0.4, 0.5) is 19.0 Å². The molecule has 1 aromatic heterocycles. The highest BCUT2D eigenvalue weighted by Crippen LogP contribution is 2.31. The highest BCUT2D eigenvalue weighted by atomic mass is 19.4. The van der Waals surface area contributed by atoms with Crippen molar-refractivity contribution < 1.29 is 13.2 Å². The summed E-state index contributed by atoms with van der Waals surface area (Å²) in [5.74, 6) is 0.882. The molecule has 6 heteroatoms. The number of rotatable bonds is 2. The summed E-state index contributed by atoms with van der Waals surface area (Å²) < 4.78 is 37.8. The second-order valence-electron chi connectivity index (χ2n) is 4.57. The number of anilines is 1. The molecule has 18 heavy (non-hydrogen) atoms. The van der Waals surface area contributed by atoms with Crippen molar-refractivity contribution in [2.45, 2.75) is 19.0 Å². The average molecular weight is 259 g/mol. The predicted octanol–water partition coefficient (Wildman–Crippen LogP) is 2.28. The summed E-state index contributed by atoms with van der Waals surface area (Å²) in [6.07, 6.45) is -1.27. The topological polar surface area (TPSA) is 42.1 Å². The zero-order chi connectivity index (χ0) is 13.2. The first-order chi connectivity index (χ1) is 8.50. The summed E-state index contributed by atoms with van der Waals surface area (Å²) in [6, 6.07) is 2.11. The van der Waals surface area contributed by atoms with Crippen molar-refractivity contribution in [2.24, 2.45) is 11.7 Å². The second kappa shape index (κ2) is 5.14. The van der Waals surface area contributed by atoms with Gasteiger partial charge in [-0.3, -0.25) is 0 Å². The molecule has 0 bridgehead atoms. The maximum atomic E-state index is 12.6. The molecule has 0 unspecified atom stereocenters. The SMILES string of the molecule is NCC1CCN(c2cc(C(F)(F)F)ccn2)CC1. The van der Waals surface area contributed by atoms with Gasteiger partial charge in [0.05, 0.1) is 5.56 Å². The molecule has 2 N–H and O–H groups in total. The number of aromatic nitrogens is 1. The fraction of sp³-hybridized carbons (Fsp3) is 0.583. The minimum atomic E-state index is -4.31. The molecule has 0 saturated carbocycles. The van der Waals surface area contributed by atoms with E-state index in [9.17, 15) is 13.2 Å². The summed E-state index contributed by atoms with van der Waals surface area (Å²) in [6.45, 7) is 2.08. The van der Waals surface area contributed by atoms with E-state index in [0.717, 1.165) is 38.1 Å². The monoisotopic (exact) mass is 259 g/mol. The molecule has 1 aliphatic rings. The standard InChI is InChI=1S/C12H16F3N3/c13-12(14,15)10-1-4-17-11(7-10)18-5-2-9(8-16)3-6-18/h1,4,7,9H,2-3,5-6,8,16H2. The number of hydrogen-bond donors (Lipinski definition) is 1. The van der Waals surface area contributed by atoms with Gasteiger partial charge in [0.1, 0.15) is 5.82 Å². The predicted molar refractivity (Wildman–Crippen MR) is 63.2 cm³/mol. The van der Waals surface area contributed by atoms with Crippen molar-refractivity contribution in [3.63, 3.8) is 0 Å². The Morgan fingerprint density at radius 2 is 2.00 bits per heavy atom. The minimum Gasteiger partial charge on any atom is -0.357 e. The van der Waals surface area contributed by atoms with Gasteiger partial charge in [-0.05, 0) is 37.4 Å². The lowest BCUT2D eigenvalue weighted by Gasteiger charge is -2.32. The summed E-state index contributed by atoms with van der Waals surface area (Å²) in [5, 5.41) is 0. The molecular weight excluding hydrogens is 243 g/mol. The Kier molecular flexibility index (Phi) is 3.75. The second-order valence-corrected chi connectivity index (χ2v) is 4.57. The molecule has 0 amide bonds. The number of pyridine rings is 1. The first-order valence-corrected chi connectivity index (χ1v) is 5.99. The molecule has 0 spiro atoms. The highest BCUT2D eigenvalue weighted by molar-refractivity contribution is 5.42. The Balaban J connectivity index is 2.10. The number of hydrogen-bond acceptors (Lipinski definition) is 3. The van der Waals surface area contributed by atoms with E-state index in [0.29, 0.717) is 18.3 Å². The van der Waals surface area contributed by atoms with Gasteiger partial charge in [-0.15, -0.1) is 0 Å². The van der Waals surface area contributed by atoms with Crippen LogP contribution in [0.1, 0.15) is 18.4 Å². The third-order valence-electron chi connectivity index (χ3n) is 3.34. The largest absolute Gasteiger partial charge is 0.416 e. The smallest absolute Gasteiger partial charge is 0.357 e. The molecule has 1 fully saturated rings. The maximum absolute atomic E-state index is 12.6. The lowest BCUT2D eigenvalue weighted by Crippen LogP contribution is -2.36. The van der Waals surface area contributed by atoms with Gasteiger partial charge >= 0.3 is 6.18 Å². The molecule has 3 nitrogen and oxygen atoms in total. The summed E-state index contributed by atoms with van der Waals surface area (Å²) in [4.78, 5) is 5.91. The van der Waals surface area contributed by atoms with Crippen LogP contribution in [0.25, 0.3) is 0 Å². The van der Waals surface area contributed by atoms with Gasteiger partial charge in [-0.2, -0.15) is 13.2 Å². The molecule has 1 aromatic rings. The zero-order valence-electron chi connectivity index (χ0n) is 9.95. The molecule has 0 aliphatic carbocycles. The van der Waals surface area contributed by atoms with Gasteiger partial charge < -0.3 is 10.6 Å². The third-order valence-corrected chi connectivity index (χ3v) is 3.34. The van der Waals surface area contributed by atoms with E-state index in [2.05, 4.69) is 4.98 Å². The Morgan fingerprint density at radius 1 is 1.33 bits per heavy atom. The molecule has 1 aliphatic heterocycles. The van der Waals surface area contributed by atoms with Crippen molar-refractivity contribution in [3.8, 4) is 0 Å². The van der Waals surface area contributed by atoms with Gasteiger partial charge in [0.2, 0.25) is 0 Å². The zero-order valence-corrected chi connectivity index (χ0v) is 9.95. The van der Waals surface area contributed by atoms with E-state index in [4.69, 9.17) is 5.73 Å². The Labute approximate surface area is 104 Å². The van der Waals surface area contributed by atoms with Gasteiger partial charge in [0, 0.05) is 19.3 Å². The van der Waals surface area contributed by atoms with Gasteiger partial charge in [0.25, 0.3) is 0 Å². The van der Waals surface area contributed by atoms with Crippen LogP contribution in [0, 0.1) is 5.92 Å². The number of halogens is 3. The number of nitrogens with two attached hydrogens (primary N) is 1. The van der Waals surface area contributed by atoms with Crippen LogP contribution in [-0.2, 0) is 6.18 Å². The third kappa shape index (κ3) is 2.93. The molecule has 2 rings (SSSR count). The average Bonchev–Trinajstić information content (AvgIpc) is 2.38. The summed E-state index contributed by atoms with van der Waals surface area (Å²) >= 11 is 0. The fourth-order valence-electron chi connectivity index (χ4n) is 2.17. The van der Waals surface area contributed by atoms with E-state index < -0.39 is 11.7 Å². The fourth-order valence-corrected chi connectivity index (χ4v) is 2.17. The van der Waals surface area contributed by atoms with Crippen LogP contribution < -0.4 is 10.6 Å². The summed E-state index contributed by atoms with van der Waals surface area (Å²) in [7, 11) is 0. The van der Waals surface area contributed by atoms with Crippen molar-refractivity contribution in [3.05, 3.63) is 23.9 Å². The molecule has 2 heterocycles. The van der Waals surface area contributed by atoms with Crippen LogP contribution >= 0.6 is 0 Å². The number of piperidine rings is 1. The lowest BCUT2D eigenvalue weighted by molar-refractivity contribution is -0.137. The van der Waals surface area contributed by atoms with E-state index in [1.54, 1.807) is 0 Å². The quantitative estimate of drug-likeness (QED) is 0.886. The van der Waals surface area contributed by atoms with E-state index in [-0.39, 0.29) is 0 Å². The molecule has 1 saturated heterocycles. The molecular formula is C12H16F3N3. The van der Waals surface area contributed by atoms with Gasteiger partial charge in [-0.1, -0.05) is 0 Å². The van der Waals surface area contributed by atoms with Crippen LogP contribution in [0.5, 0.6) is 0 Å². The van der Waals surface area contributed by atoms with Crippen molar-refractivity contribution in [1.29, 1.82) is 0 Å². The lowest BCUT2D eigenvalue weighted by atomic mass is 9.97. The van der Waals surface area contributed by atoms with Crippen molar-refractivity contribution in [2.75, 3.05) is 24.5 Å². The minimum absolute atomic E-state index is 0.403. The van der Waals surface area contributed by atoms with E-state index in [1.165, 1.54) is 6.20 Å². The first kappa shape index (κ1) is 13.1. The van der Waals surface area contributed by atoms with Gasteiger partial charge in [-0.25, -0.2) is 4.98 Å². The maximum Gasteiger partial charge on any atom is 0.416 e.